The largest absolute Gasteiger partial charge is 0.379 e. The third-order valence-corrected chi connectivity index (χ3v) is 12.2. The average molecular weight is 836 g/mol. The second-order valence-electron chi connectivity index (χ2n) is 13.9. The minimum absolute atomic E-state index is 0.187. The van der Waals surface area contributed by atoms with Crippen LogP contribution in [0.25, 0.3) is 0 Å². The first-order chi connectivity index (χ1) is 27.7. The maximum absolute atomic E-state index is 12.9. The van der Waals surface area contributed by atoms with E-state index in [1.54, 1.807) is 12.3 Å². The van der Waals surface area contributed by atoms with Gasteiger partial charge in [-0.1, -0.05) is 35.9 Å². The third kappa shape index (κ3) is 13.3. The number of hydrogen-bond acceptors (Lipinski definition) is 13. The summed E-state index contributed by atoms with van der Waals surface area (Å²) in [4.78, 5) is 56.4. The van der Waals surface area contributed by atoms with E-state index in [2.05, 4.69) is 42.5 Å². The van der Waals surface area contributed by atoms with Gasteiger partial charge in [0.1, 0.15) is 16.5 Å². The second kappa shape index (κ2) is 21.7. The number of para-hydroxylation sites is 1. The standard InChI is InChI=1S/C41H50ClN7O6S2/c1-28-5-3-7-33(42)39(28)47-41(52)35-27-43-38(57-35)26-31-25-36(45-29(2)44-31)49-16-14-48(15-17-49)18-20-54-22-24-55-23-21-53-19-4-6-30-8-10-32(11-9-30)56-34-12-13-37(50)46-40(34)51/h3,5,7-11,25,27,34H,4,6,12-24,26H2,1-2H3,(H,47,52)(H,46,50,51). The van der Waals surface area contributed by atoms with Crippen LogP contribution in [-0.4, -0.2) is 115 Å². The van der Waals surface area contributed by atoms with Gasteiger partial charge in [-0.3, -0.25) is 24.6 Å². The fraction of sp³-hybridized carbons (Fsp3) is 0.463. The van der Waals surface area contributed by atoms with Crippen LogP contribution in [0, 0.1) is 13.8 Å². The number of nitrogens with zero attached hydrogens (tertiary/aromatic N) is 5. The van der Waals surface area contributed by atoms with Crippen molar-refractivity contribution in [3.05, 3.63) is 92.3 Å². The van der Waals surface area contributed by atoms with E-state index in [-0.39, 0.29) is 23.0 Å². The Morgan fingerprint density at radius 3 is 2.44 bits per heavy atom. The molecule has 4 heterocycles. The number of thioether (sulfide) groups is 1. The minimum Gasteiger partial charge on any atom is -0.379 e. The van der Waals surface area contributed by atoms with Crippen molar-refractivity contribution < 1.29 is 28.6 Å². The SMILES string of the molecule is Cc1nc(Cc2ncc(C(=O)Nc3c(C)cccc3Cl)s2)cc(N2CCN(CCOCCOCCOCCCc3ccc(SC4CCC(=O)NC4=O)cc3)CC2)n1. The van der Waals surface area contributed by atoms with Crippen LogP contribution in [0.2, 0.25) is 5.02 Å². The first-order valence-corrected chi connectivity index (χ1v) is 21.4. The first-order valence-electron chi connectivity index (χ1n) is 19.4. The van der Waals surface area contributed by atoms with E-state index in [4.69, 9.17) is 30.8 Å². The third-order valence-electron chi connectivity index (χ3n) is 9.58. The number of hydrogen-bond donors (Lipinski definition) is 2. The van der Waals surface area contributed by atoms with Crippen LogP contribution < -0.4 is 15.5 Å². The number of amides is 3. The van der Waals surface area contributed by atoms with E-state index >= 15 is 0 Å². The molecule has 2 saturated heterocycles. The number of piperazine rings is 1. The molecule has 2 N–H and O–H groups in total. The number of halogens is 1. The monoisotopic (exact) mass is 835 g/mol. The number of ether oxygens (including phenoxy) is 3. The van der Waals surface area contributed by atoms with Gasteiger partial charge in [-0.05, 0) is 62.4 Å². The molecule has 6 rings (SSSR count). The highest BCUT2D eigenvalue weighted by Gasteiger charge is 2.27. The number of aromatic nitrogens is 3. The fourth-order valence-corrected chi connectivity index (χ4v) is 8.60. The lowest BCUT2D eigenvalue weighted by Crippen LogP contribution is -2.47. The zero-order chi connectivity index (χ0) is 40.0. The molecule has 2 aromatic carbocycles. The van der Waals surface area contributed by atoms with E-state index in [1.165, 1.54) is 28.7 Å². The lowest BCUT2D eigenvalue weighted by Gasteiger charge is -2.35. The Hall–Kier alpha value is -3.96. The molecule has 2 fully saturated rings. The maximum Gasteiger partial charge on any atom is 0.267 e. The number of anilines is 2. The Balaban J connectivity index is 0.788. The van der Waals surface area contributed by atoms with Crippen LogP contribution in [0.15, 0.2) is 59.6 Å². The molecular formula is C41H50ClN7O6S2. The number of imide groups is 1. The predicted octanol–water partition coefficient (Wildman–Crippen LogP) is 5.75. The van der Waals surface area contributed by atoms with Crippen molar-refractivity contribution in [2.45, 2.75) is 56.1 Å². The number of thiazole rings is 1. The molecule has 57 heavy (non-hydrogen) atoms. The number of carbonyl (C=O) groups excluding carboxylic acids is 3. The van der Waals surface area contributed by atoms with Crippen molar-refractivity contribution in [2.24, 2.45) is 0 Å². The topological polar surface area (TPSA) is 148 Å². The Kier molecular flexibility index (Phi) is 16.2. The number of aryl methyl sites for hydroxylation is 3. The van der Waals surface area contributed by atoms with Gasteiger partial charge in [0.2, 0.25) is 11.8 Å². The van der Waals surface area contributed by atoms with Gasteiger partial charge in [-0.2, -0.15) is 0 Å². The zero-order valence-electron chi connectivity index (χ0n) is 32.5. The van der Waals surface area contributed by atoms with Crippen LogP contribution in [0.3, 0.4) is 0 Å². The van der Waals surface area contributed by atoms with Crippen molar-refractivity contribution >= 4 is 63.9 Å². The van der Waals surface area contributed by atoms with Crippen LogP contribution in [-0.2, 0) is 36.6 Å². The van der Waals surface area contributed by atoms with Gasteiger partial charge in [0.25, 0.3) is 5.91 Å². The molecule has 1 unspecified atom stereocenters. The molecule has 304 valence electrons. The van der Waals surface area contributed by atoms with Crippen LogP contribution in [0.4, 0.5) is 11.5 Å². The van der Waals surface area contributed by atoms with Crippen molar-refractivity contribution in [3.63, 3.8) is 0 Å². The molecule has 2 aromatic heterocycles. The summed E-state index contributed by atoms with van der Waals surface area (Å²) in [5, 5.41) is 6.42. The molecule has 2 aliphatic heterocycles. The van der Waals surface area contributed by atoms with Crippen LogP contribution in [0.1, 0.15) is 56.6 Å². The highest BCUT2D eigenvalue weighted by Crippen LogP contribution is 2.29. The number of benzene rings is 2. The lowest BCUT2D eigenvalue weighted by molar-refractivity contribution is -0.132. The van der Waals surface area contributed by atoms with E-state index < -0.39 is 0 Å². The molecular weight excluding hydrogens is 786 g/mol. The number of nitrogens with one attached hydrogen (secondary N) is 2. The van der Waals surface area contributed by atoms with Crippen molar-refractivity contribution in [1.82, 2.24) is 25.2 Å². The quantitative estimate of drug-likeness (QED) is 0.0826. The molecule has 0 saturated carbocycles. The summed E-state index contributed by atoms with van der Waals surface area (Å²) in [5.41, 5.74) is 3.61. The normalized spacial score (nSPS) is 16.2. The van der Waals surface area contributed by atoms with Gasteiger partial charge in [-0.15, -0.1) is 23.1 Å². The van der Waals surface area contributed by atoms with Crippen LogP contribution >= 0.6 is 34.7 Å². The van der Waals surface area contributed by atoms with E-state index in [1.807, 2.05) is 44.2 Å². The summed E-state index contributed by atoms with van der Waals surface area (Å²) in [6.07, 6.45) is 4.93. The van der Waals surface area contributed by atoms with Crippen molar-refractivity contribution in [2.75, 3.05) is 82.6 Å². The molecule has 0 radical (unpaired) electrons. The molecule has 4 aromatic rings. The molecule has 0 spiro atoms. The molecule has 16 heteroatoms. The zero-order valence-corrected chi connectivity index (χ0v) is 34.9. The van der Waals surface area contributed by atoms with E-state index in [0.29, 0.717) is 80.3 Å². The maximum atomic E-state index is 12.9. The van der Waals surface area contributed by atoms with Gasteiger partial charge in [0, 0.05) is 63.1 Å². The summed E-state index contributed by atoms with van der Waals surface area (Å²) in [7, 11) is 0. The number of rotatable bonds is 20. The Bertz CT molecular complexity index is 1940. The molecule has 3 amide bonds. The van der Waals surface area contributed by atoms with Crippen LogP contribution in [0.5, 0.6) is 0 Å². The lowest BCUT2D eigenvalue weighted by atomic mass is 10.1. The van der Waals surface area contributed by atoms with Gasteiger partial charge in [-0.25, -0.2) is 15.0 Å². The molecule has 13 nitrogen and oxygen atoms in total. The summed E-state index contributed by atoms with van der Waals surface area (Å²) in [6.45, 7) is 11.7. The van der Waals surface area contributed by atoms with Gasteiger partial charge in [0.05, 0.1) is 65.9 Å². The number of carbonyl (C=O) groups is 3. The summed E-state index contributed by atoms with van der Waals surface area (Å²) >= 11 is 9.16. The molecule has 0 bridgehead atoms. The van der Waals surface area contributed by atoms with E-state index in [0.717, 1.165) is 72.5 Å². The van der Waals surface area contributed by atoms with Crippen molar-refractivity contribution in [3.8, 4) is 0 Å². The minimum atomic E-state index is -0.234. The fourth-order valence-electron chi connectivity index (χ4n) is 6.48. The Morgan fingerprint density at radius 2 is 1.70 bits per heavy atom. The van der Waals surface area contributed by atoms with Gasteiger partial charge in [0.15, 0.2) is 0 Å². The highest BCUT2D eigenvalue weighted by molar-refractivity contribution is 8.00. The summed E-state index contributed by atoms with van der Waals surface area (Å²) in [6, 6.07) is 15.8. The smallest absolute Gasteiger partial charge is 0.267 e. The molecule has 2 aliphatic rings. The predicted molar refractivity (Wildman–Crippen MR) is 224 cm³/mol. The molecule has 1 atom stereocenters. The molecule has 0 aliphatic carbocycles. The second-order valence-corrected chi connectivity index (χ2v) is 16.7. The van der Waals surface area contributed by atoms with Gasteiger partial charge >= 0.3 is 0 Å². The summed E-state index contributed by atoms with van der Waals surface area (Å²) in [5.74, 6) is 1.00. The Morgan fingerprint density at radius 1 is 0.965 bits per heavy atom. The van der Waals surface area contributed by atoms with Crippen molar-refractivity contribution in [1.29, 1.82) is 0 Å². The number of piperidine rings is 1. The summed E-state index contributed by atoms with van der Waals surface area (Å²) < 4.78 is 17.3. The highest BCUT2D eigenvalue weighted by atomic mass is 35.5. The first kappa shape index (κ1) is 42.6. The van der Waals surface area contributed by atoms with Gasteiger partial charge < -0.3 is 24.4 Å². The van der Waals surface area contributed by atoms with E-state index in [9.17, 15) is 14.4 Å². The Labute approximate surface area is 347 Å². The average Bonchev–Trinajstić information content (AvgIpc) is 3.67.